The fraction of sp³-hybridized carbons (Fsp3) is 0.333. The van der Waals surface area contributed by atoms with Crippen molar-refractivity contribution in [2.75, 3.05) is 6.54 Å². The number of hydrogen-bond donors (Lipinski definition) is 2. The van der Waals surface area contributed by atoms with E-state index >= 15 is 0 Å². The van der Waals surface area contributed by atoms with Gasteiger partial charge in [0.05, 0.1) is 11.6 Å². The van der Waals surface area contributed by atoms with Crippen molar-refractivity contribution in [2.24, 2.45) is 0 Å². The van der Waals surface area contributed by atoms with Crippen LogP contribution in [0.4, 0.5) is 0 Å². The van der Waals surface area contributed by atoms with E-state index in [1.165, 1.54) is 0 Å². The zero-order chi connectivity index (χ0) is 16.8. The summed E-state index contributed by atoms with van der Waals surface area (Å²) in [5, 5.41) is 13.7. The number of nitrogens with one attached hydrogen (secondary N) is 1. The third-order valence-electron chi connectivity index (χ3n) is 4.30. The number of fused-ring (bicyclic) bond motifs is 1. The quantitative estimate of drug-likeness (QED) is 0.830. The molecule has 0 fully saturated rings. The minimum absolute atomic E-state index is 0.0329. The first kappa shape index (κ1) is 15.6. The summed E-state index contributed by atoms with van der Waals surface area (Å²) in [6, 6.07) is 5.98. The molecule has 2 atom stereocenters. The third-order valence-corrected chi connectivity index (χ3v) is 4.30. The molecule has 0 bridgehead atoms. The lowest BCUT2D eigenvalue weighted by molar-refractivity contribution is -0.0916. The van der Waals surface area contributed by atoms with E-state index in [0.717, 1.165) is 0 Å². The van der Waals surface area contributed by atoms with Crippen molar-refractivity contribution >= 4 is 11.6 Å². The topological polar surface area (TPSA) is 75.6 Å². The van der Waals surface area contributed by atoms with E-state index in [2.05, 4.69) is 11.9 Å². The molecule has 1 aliphatic heterocycles. The van der Waals surface area contributed by atoms with E-state index in [4.69, 9.17) is 4.74 Å². The standard InChI is InChI=1S/C18H19NO4/c1-4-9-19-13-12-14(20)10-7-5-6-8-11(10)15(21)16(12)23-18(2,3)17(13)22/h4-8,13,17,19,22H,1,9H2,2-3H3/t13-,17+/m0/s1. The second kappa shape index (κ2) is 5.44. The number of ketones is 2. The highest BCUT2D eigenvalue weighted by Crippen LogP contribution is 2.38. The van der Waals surface area contributed by atoms with Crippen LogP contribution >= 0.6 is 0 Å². The monoisotopic (exact) mass is 313 g/mol. The molecule has 23 heavy (non-hydrogen) atoms. The molecule has 5 nitrogen and oxygen atoms in total. The summed E-state index contributed by atoms with van der Waals surface area (Å²) >= 11 is 0. The van der Waals surface area contributed by atoms with Crippen LogP contribution in [0.1, 0.15) is 34.6 Å². The van der Waals surface area contributed by atoms with Crippen LogP contribution in [0.5, 0.6) is 0 Å². The Hall–Kier alpha value is -2.24. The molecule has 0 radical (unpaired) electrons. The van der Waals surface area contributed by atoms with Gasteiger partial charge < -0.3 is 15.2 Å². The molecule has 2 N–H and O–H groups in total. The lowest BCUT2D eigenvalue weighted by atomic mass is 9.78. The van der Waals surface area contributed by atoms with Crippen molar-refractivity contribution in [3.63, 3.8) is 0 Å². The van der Waals surface area contributed by atoms with Crippen LogP contribution in [0, 0.1) is 0 Å². The van der Waals surface area contributed by atoms with Gasteiger partial charge in [0.25, 0.3) is 0 Å². The molecule has 0 amide bonds. The highest BCUT2D eigenvalue weighted by molar-refractivity contribution is 6.26. The Morgan fingerprint density at radius 1 is 1.26 bits per heavy atom. The number of aliphatic hydroxyl groups is 1. The molecule has 120 valence electrons. The molecule has 0 aromatic heterocycles. The number of rotatable bonds is 3. The molecule has 5 heteroatoms. The van der Waals surface area contributed by atoms with Crippen LogP contribution in [0.25, 0.3) is 0 Å². The zero-order valence-corrected chi connectivity index (χ0v) is 13.1. The van der Waals surface area contributed by atoms with Gasteiger partial charge in [0.1, 0.15) is 11.7 Å². The van der Waals surface area contributed by atoms with E-state index in [1.54, 1.807) is 44.2 Å². The molecule has 0 saturated heterocycles. The molecule has 1 aliphatic carbocycles. The highest BCUT2D eigenvalue weighted by atomic mass is 16.5. The van der Waals surface area contributed by atoms with E-state index in [-0.39, 0.29) is 22.9 Å². The minimum Gasteiger partial charge on any atom is -0.480 e. The van der Waals surface area contributed by atoms with E-state index in [0.29, 0.717) is 17.7 Å². The molecular weight excluding hydrogens is 294 g/mol. The van der Waals surface area contributed by atoms with E-state index in [9.17, 15) is 14.7 Å². The molecule has 0 unspecified atom stereocenters. The van der Waals surface area contributed by atoms with Gasteiger partial charge in [-0.2, -0.15) is 0 Å². The Balaban J connectivity index is 2.16. The predicted octanol–water partition coefficient (Wildman–Crippen LogP) is 1.63. The van der Waals surface area contributed by atoms with Crippen molar-refractivity contribution in [1.29, 1.82) is 0 Å². The number of hydrogen-bond acceptors (Lipinski definition) is 5. The van der Waals surface area contributed by atoms with E-state index < -0.39 is 17.7 Å². The maximum absolute atomic E-state index is 12.9. The molecule has 0 saturated carbocycles. The number of aliphatic hydroxyl groups excluding tert-OH is 1. The molecular formula is C18H19NO4. The molecule has 1 heterocycles. The first-order valence-electron chi connectivity index (χ1n) is 7.52. The van der Waals surface area contributed by atoms with Gasteiger partial charge in [0.15, 0.2) is 11.5 Å². The average Bonchev–Trinajstić information content (AvgIpc) is 2.53. The van der Waals surface area contributed by atoms with Crippen molar-refractivity contribution in [1.82, 2.24) is 5.32 Å². The SMILES string of the molecule is C=CCN[C@H]1C2=C(OC(C)(C)[C@@H]1O)C(=O)c1ccccc1C2=O. The van der Waals surface area contributed by atoms with Gasteiger partial charge in [-0.3, -0.25) is 9.59 Å². The summed E-state index contributed by atoms with van der Waals surface area (Å²) in [4.78, 5) is 25.6. The number of ether oxygens (including phenoxy) is 1. The van der Waals surface area contributed by atoms with Gasteiger partial charge in [0.2, 0.25) is 5.78 Å². The average molecular weight is 313 g/mol. The van der Waals surface area contributed by atoms with E-state index in [1.807, 2.05) is 0 Å². The zero-order valence-electron chi connectivity index (χ0n) is 13.1. The van der Waals surface area contributed by atoms with Gasteiger partial charge in [-0.1, -0.05) is 30.3 Å². The summed E-state index contributed by atoms with van der Waals surface area (Å²) in [6.07, 6.45) is 0.668. The number of benzene rings is 1. The number of Topliss-reactive ketones (excluding diaryl/α,β-unsaturated/α-hetero) is 2. The summed E-state index contributed by atoms with van der Waals surface area (Å²) in [6.45, 7) is 7.43. The maximum atomic E-state index is 12.9. The van der Waals surface area contributed by atoms with Crippen LogP contribution in [-0.4, -0.2) is 41.0 Å². The fourth-order valence-electron chi connectivity index (χ4n) is 3.06. The van der Waals surface area contributed by atoms with Crippen LogP contribution in [0.15, 0.2) is 48.3 Å². The van der Waals surface area contributed by atoms with Crippen LogP contribution in [0.2, 0.25) is 0 Å². The first-order chi connectivity index (χ1) is 10.9. The maximum Gasteiger partial charge on any atom is 0.228 e. The van der Waals surface area contributed by atoms with Crippen LogP contribution in [-0.2, 0) is 4.74 Å². The molecule has 1 aromatic rings. The van der Waals surface area contributed by atoms with Gasteiger partial charge in [0, 0.05) is 17.7 Å². The second-order valence-electron chi connectivity index (χ2n) is 6.27. The third kappa shape index (κ3) is 2.33. The second-order valence-corrected chi connectivity index (χ2v) is 6.27. The molecule has 0 spiro atoms. The Kier molecular flexibility index (Phi) is 3.70. The lowest BCUT2D eigenvalue weighted by Gasteiger charge is -2.44. The predicted molar refractivity (Wildman–Crippen MR) is 85.3 cm³/mol. The summed E-state index contributed by atoms with van der Waals surface area (Å²) < 4.78 is 5.73. The smallest absolute Gasteiger partial charge is 0.228 e. The summed E-state index contributed by atoms with van der Waals surface area (Å²) in [5.41, 5.74) is -0.106. The van der Waals surface area contributed by atoms with Crippen molar-refractivity contribution in [3.8, 4) is 0 Å². The molecule has 1 aromatic carbocycles. The Bertz CT molecular complexity index is 732. The van der Waals surface area contributed by atoms with Gasteiger partial charge in [-0.25, -0.2) is 0 Å². The largest absolute Gasteiger partial charge is 0.480 e. The van der Waals surface area contributed by atoms with Gasteiger partial charge in [-0.15, -0.1) is 6.58 Å². The van der Waals surface area contributed by atoms with Crippen molar-refractivity contribution in [3.05, 3.63) is 59.4 Å². The number of allylic oxidation sites excluding steroid dienone is 1. The van der Waals surface area contributed by atoms with Gasteiger partial charge in [-0.05, 0) is 13.8 Å². The summed E-state index contributed by atoms with van der Waals surface area (Å²) in [7, 11) is 0. The highest BCUT2D eigenvalue weighted by Gasteiger charge is 2.50. The Morgan fingerprint density at radius 3 is 2.48 bits per heavy atom. The fourth-order valence-corrected chi connectivity index (χ4v) is 3.06. The molecule has 3 rings (SSSR count). The van der Waals surface area contributed by atoms with Crippen molar-refractivity contribution in [2.45, 2.75) is 31.6 Å². The normalized spacial score (nSPS) is 25.5. The van der Waals surface area contributed by atoms with Gasteiger partial charge >= 0.3 is 0 Å². The Morgan fingerprint density at radius 2 is 1.87 bits per heavy atom. The Labute approximate surface area is 134 Å². The van der Waals surface area contributed by atoms with Crippen molar-refractivity contribution < 1.29 is 19.4 Å². The molecule has 2 aliphatic rings. The van der Waals surface area contributed by atoms with Crippen LogP contribution < -0.4 is 5.32 Å². The number of carbonyl (C=O) groups excluding carboxylic acids is 2. The minimum atomic E-state index is -0.986. The van der Waals surface area contributed by atoms with Crippen LogP contribution in [0.3, 0.4) is 0 Å². The first-order valence-corrected chi connectivity index (χ1v) is 7.52. The number of carbonyl (C=O) groups is 2. The lowest BCUT2D eigenvalue weighted by Crippen LogP contribution is -2.59. The summed E-state index contributed by atoms with van der Waals surface area (Å²) in [5.74, 6) is -0.572.